The van der Waals surface area contributed by atoms with Crippen LogP contribution in [-0.4, -0.2) is 10.9 Å². The summed E-state index contributed by atoms with van der Waals surface area (Å²) in [5.41, 5.74) is 10.7. The molecule has 1 aromatic carbocycles. The molecule has 0 aliphatic heterocycles. The van der Waals surface area contributed by atoms with E-state index in [0.29, 0.717) is 0 Å². The highest BCUT2D eigenvalue weighted by Crippen LogP contribution is 2.27. The van der Waals surface area contributed by atoms with Gasteiger partial charge in [0.15, 0.2) is 0 Å². The first-order valence-electron chi connectivity index (χ1n) is 5.16. The first-order chi connectivity index (χ1) is 8.97. The zero-order chi connectivity index (χ0) is 14.0. The van der Waals surface area contributed by atoms with Crippen LogP contribution >= 0.6 is 11.6 Å². The number of nitrogens with zero attached hydrogens (tertiary/aromatic N) is 1. The fourth-order valence-corrected chi connectivity index (χ4v) is 1.52. The van der Waals surface area contributed by atoms with Crippen LogP contribution in [0.15, 0.2) is 30.3 Å². The Hall–Kier alpha value is -2.34. The van der Waals surface area contributed by atoms with E-state index in [1.807, 2.05) is 0 Å². The molecule has 0 unspecified atom stereocenters. The predicted molar refractivity (Wildman–Crippen MR) is 68.7 cm³/mol. The monoisotopic (exact) mass is 281 g/mol. The SMILES string of the molecule is NC(=O)c1ccc(Oc2nc(Cl)ccc2N)cc1F. The second-order valence-corrected chi connectivity index (χ2v) is 4.02. The first-order valence-corrected chi connectivity index (χ1v) is 5.54. The van der Waals surface area contributed by atoms with Crippen molar-refractivity contribution < 1.29 is 13.9 Å². The molecule has 0 bridgehead atoms. The van der Waals surface area contributed by atoms with Gasteiger partial charge >= 0.3 is 0 Å². The molecule has 5 nitrogen and oxygen atoms in total. The van der Waals surface area contributed by atoms with Gasteiger partial charge in [0.25, 0.3) is 5.91 Å². The number of primary amides is 1. The number of anilines is 1. The number of nitrogen functional groups attached to an aromatic ring is 1. The van der Waals surface area contributed by atoms with Crippen LogP contribution in [0.3, 0.4) is 0 Å². The Kier molecular flexibility index (Phi) is 3.52. The lowest BCUT2D eigenvalue weighted by Crippen LogP contribution is -2.12. The number of amides is 1. The largest absolute Gasteiger partial charge is 0.437 e. The predicted octanol–water partition coefficient (Wildman–Crippen LogP) is 2.35. The summed E-state index contributed by atoms with van der Waals surface area (Å²) in [5.74, 6) is -1.46. The molecule has 0 aliphatic carbocycles. The van der Waals surface area contributed by atoms with E-state index in [-0.39, 0.29) is 28.0 Å². The molecule has 2 aromatic rings. The van der Waals surface area contributed by atoms with Crippen molar-refractivity contribution in [3.63, 3.8) is 0 Å². The zero-order valence-corrected chi connectivity index (χ0v) is 10.3. The van der Waals surface area contributed by atoms with E-state index in [9.17, 15) is 9.18 Å². The molecule has 2 rings (SSSR count). The third kappa shape index (κ3) is 2.92. The summed E-state index contributed by atoms with van der Waals surface area (Å²) in [7, 11) is 0. The molecule has 0 saturated heterocycles. The molecule has 0 spiro atoms. The number of rotatable bonds is 3. The second-order valence-electron chi connectivity index (χ2n) is 3.64. The standard InChI is InChI=1S/C12H9ClFN3O2/c13-10-4-3-9(15)12(17-10)19-6-1-2-7(11(16)18)8(14)5-6/h1-5H,15H2,(H2,16,18). The lowest BCUT2D eigenvalue weighted by atomic mass is 10.2. The number of benzene rings is 1. The Bertz CT molecular complexity index is 649. The van der Waals surface area contributed by atoms with Gasteiger partial charge in [0.1, 0.15) is 16.7 Å². The number of pyridine rings is 1. The number of hydrogen-bond donors (Lipinski definition) is 2. The fourth-order valence-electron chi connectivity index (χ4n) is 1.38. The van der Waals surface area contributed by atoms with E-state index in [4.69, 9.17) is 27.8 Å². The van der Waals surface area contributed by atoms with Crippen molar-refractivity contribution in [1.82, 2.24) is 4.98 Å². The van der Waals surface area contributed by atoms with Crippen LogP contribution in [0.25, 0.3) is 0 Å². The molecule has 98 valence electrons. The molecule has 0 fully saturated rings. The Balaban J connectivity index is 2.31. The molecule has 0 aliphatic rings. The maximum absolute atomic E-state index is 13.5. The number of carbonyl (C=O) groups excluding carboxylic acids is 1. The van der Waals surface area contributed by atoms with Gasteiger partial charge in [-0.15, -0.1) is 0 Å². The van der Waals surface area contributed by atoms with Crippen LogP contribution in [0.4, 0.5) is 10.1 Å². The fraction of sp³-hybridized carbons (Fsp3) is 0. The van der Waals surface area contributed by atoms with Gasteiger partial charge in [0.05, 0.1) is 11.3 Å². The minimum absolute atomic E-state index is 0.0544. The van der Waals surface area contributed by atoms with Crippen LogP contribution in [-0.2, 0) is 0 Å². The van der Waals surface area contributed by atoms with Gasteiger partial charge in [0, 0.05) is 6.07 Å². The van der Waals surface area contributed by atoms with Gasteiger partial charge < -0.3 is 16.2 Å². The summed E-state index contributed by atoms with van der Waals surface area (Å²) >= 11 is 5.70. The Morgan fingerprint density at radius 2 is 2.05 bits per heavy atom. The van der Waals surface area contributed by atoms with Crippen molar-refractivity contribution in [2.45, 2.75) is 0 Å². The lowest BCUT2D eigenvalue weighted by molar-refractivity contribution is 0.0996. The number of halogens is 2. The minimum Gasteiger partial charge on any atom is -0.437 e. The molecule has 1 aromatic heterocycles. The molecular weight excluding hydrogens is 273 g/mol. The molecular formula is C12H9ClFN3O2. The molecule has 19 heavy (non-hydrogen) atoms. The maximum atomic E-state index is 13.5. The third-order valence-corrected chi connectivity index (χ3v) is 2.49. The van der Waals surface area contributed by atoms with E-state index in [0.717, 1.165) is 6.07 Å². The minimum atomic E-state index is -0.857. The Morgan fingerprint density at radius 1 is 1.32 bits per heavy atom. The molecule has 1 heterocycles. The average molecular weight is 282 g/mol. The van der Waals surface area contributed by atoms with E-state index < -0.39 is 11.7 Å². The van der Waals surface area contributed by atoms with Crippen molar-refractivity contribution in [1.29, 1.82) is 0 Å². The van der Waals surface area contributed by atoms with Crippen molar-refractivity contribution in [2.75, 3.05) is 5.73 Å². The summed E-state index contributed by atoms with van der Waals surface area (Å²) < 4.78 is 18.8. The van der Waals surface area contributed by atoms with Gasteiger partial charge in [0.2, 0.25) is 5.88 Å². The Labute approximate surface area is 112 Å². The molecule has 0 radical (unpaired) electrons. The van der Waals surface area contributed by atoms with Crippen LogP contribution in [0.1, 0.15) is 10.4 Å². The third-order valence-electron chi connectivity index (χ3n) is 2.28. The molecule has 0 saturated carbocycles. The van der Waals surface area contributed by atoms with E-state index in [2.05, 4.69) is 4.98 Å². The zero-order valence-electron chi connectivity index (χ0n) is 9.56. The number of ether oxygens (including phenoxy) is 1. The van der Waals surface area contributed by atoms with Gasteiger partial charge in [-0.2, -0.15) is 4.98 Å². The summed E-state index contributed by atoms with van der Waals surface area (Å²) in [6.07, 6.45) is 0. The summed E-state index contributed by atoms with van der Waals surface area (Å²) in [6.45, 7) is 0. The van der Waals surface area contributed by atoms with Crippen LogP contribution < -0.4 is 16.2 Å². The summed E-state index contributed by atoms with van der Waals surface area (Å²) in [6, 6.07) is 6.63. The summed E-state index contributed by atoms with van der Waals surface area (Å²) in [4.78, 5) is 14.7. The lowest BCUT2D eigenvalue weighted by Gasteiger charge is -2.08. The smallest absolute Gasteiger partial charge is 0.251 e. The topological polar surface area (TPSA) is 91.2 Å². The van der Waals surface area contributed by atoms with Crippen molar-refractivity contribution >= 4 is 23.2 Å². The van der Waals surface area contributed by atoms with E-state index >= 15 is 0 Å². The highest BCUT2D eigenvalue weighted by Gasteiger charge is 2.11. The van der Waals surface area contributed by atoms with Crippen LogP contribution in [0, 0.1) is 5.82 Å². The van der Waals surface area contributed by atoms with Crippen molar-refractivity contribution in [3.05, 3.63) is 46.9 Å². The van der Waals surface area contributed by atoms with Gasteiger partial charge in [-0.05, 0) is 24.3 Å². The number of carbonyl (C=O) groups is 1. The Morgan fingerprint density at radius 3 is 2.68 bits per heavy atom. The number of hydrogen-bond acceptors (Lipinski definition) is 4. The normalized spacial score (nSPS) is 10.2. The molecule has 1 amide bonds. The molecule has 4 N–H and O–H groups in total. The number of aromatic nitrogens is 1. The summed E-state index contributed by atoms with van der Waals surface area (Å²) in [5, 5.41) is 0.193. The molecule has 0 atom stereocenters. The highest BCUT2D eigenvalue weighted by atomic mass is 35.5. The van der Waals surface area contributed by atoms with Gasteiger partial charge in [-0.3, -0.25) is 4.79 Å². The van der Waals surface area contributed by atoms with Crippen molar-refractivity contribution in [2.24, 2.45) is 5.73 Å². The van der Waals surface area contributed by atoms with E-state index in [1.54, 1.807) is 0 Å². The van der Waals surface area contributed by atoms with Crippen LogP contribution in [0.2, 0.25) is 5.15 Å². The number of nitrogens with two attached hydrogens (primary N) is 2. The van der Waals surface area contributed by atoms with Crippen molar-refractivity contribution in [3.8, 4) is 11.6 Å². The molecule has 7 heteroatoms. The van der Waals surface area contributed by atoms with Crippen LogP contribution in [0.5, 0.6) is 11.6 Å². The maximum Gasteiger partial charge on any atom is 0.251 e. The second kappa shape index (κ2) is 5.11. The first kappa shape index (κ1) is 13.1. The van der Waals surface area contributed by atoms with Gasteiger partial charge in [-0.1, -0.05) is 11.6 Å². The quantitative estimate of drug-likeness (QED) is 0.845. The van der Waals surface area contributed by atoms with Gasteiger partial charge in [-0.25, -0.2) is 4.39 Å². The highest BCUT2D eigenvalue weighted by molar-refractivity contribution is 6.29. The average Bonchev–Trinajstić information content (AvgIpc) is 2.33. The van der Waals surface area contributed by atoms with E-state index in [1.165, 1.54) is 24.3 Å².